The van der Waals surface area contributed by atoms with Gasteiger partial charge in [-0.25, -0.2) is 9.67 Å². The Morgan fingerprint density at radius 1 is 1.30 bits per heavy atom. The molecular weight excluding hydrogens is 374 g/mol. The van der Waals surface area contributed by atoms with Crippen LogP contribution in [0, 0.1) is 12.3 Å². The van der Waals surface area contributed by atoms with Gasteiger partial charge in [0.15, 0.2) is 0 Å². The van der Waals surface area contributed by atoms with Gasteiger partial charge in [0.1, 0.15) is 5.52 Å². The van der Waals surface area contributed by atoms with Crippen molar-refractivity contribution in [1.29, 1.82) is 0 Å². The van der Waals surface area contributed by atoms with Gasteiger partial charge in [-0.1, -0.05) is 26.0 Å². The summed E-state index contributed by atoms with van der Waals surface area (Å²) in [7, 11) is 0. The van der Waals surface area contributed by atoms with E-state index >= 15 is 0 Å². The Labute approximate surface area is 148 Å². The van der Waals surface area contributed by atoms with Crippen molar-refractivity contribution in [2.45, 2.75) is 40.8 Å². The molecule has 2 heterocycles. The van der Waals surface area contributed by atoms with Crippen molar-refractivity contribution in [3.05, 3.63) is 32.7 Å². The van der Waals surface area contributed by atoms with Crippen molar-refractivity contribution < 1.29 is 0 Å². The first-order valence-corrected chi connectivity index (χ1v) is 9.17. The Morgan fingerprint density at radius 2 is 2.09 bits per heavy atom. The van der Waals surface area contributed by atoms with Crippen LogP contribution in [0.2, 0.25) is 0 Å². The van der Waals surface area contributed by atoms with Gasteiger partial charge in [0.2, 0.25) is 0 Å². The van der Waals surface area contributed by atoms with Crippen molar-refractivity contribution in [3.8, 4) is 0 Å². The van der Waals surface area contributed by atoms with Crippen molar-refractivity contribution in [3.63, 3.8) is 0 Å². The molecule has 0 aliphatic carbocycles. The van der Waals surface area contributed by atoms with Gasteiger partial charge in [-0.2, -0.15) is 0 Å². The van der Waals surface area contributed by atoms with Gasteiger partial charge in [-0.3, -0.25) is 0 Å². The minimum atomic E-state index is 0.160. The third-order valence-electron chi connectivity index (χ3n) is 3.53. The van der Waals surface area contributed by atoms with Crippen LogP contribution in [0.4, 0.5) is 5.69 Å². The molecule has 122 valence electrons. The number of anilines is 1. The van der Waals surface area contributed by atoms with Gasteiger partial charge in [0, 0.05) is 11.4 Å². The maximum atomic E-state index is 4.34. The minimum absolute atomic E-state index is 0.160. The summed E-state index contributed by atoms with van der Waals surface area (Å²) in [5.41, 5.74) is 6.08. The molecule has 0 aliphatic rings. The van der Waals surface area contributed by atoms with Crippen LogP contribution in [0.1, 0.15) is 31.3 Å². The molecule has 0 amide bonds. The maximum Gasteiger partial charge on any atom is 0.129 e. The zero-order chi connectivity index (χ0) is 16.6. The Bertz CT molecular complexity index is 831. The Balaban J connectivity index is 1.86. The van der Waals surface area contributed by atoms with E-state index in [0.29, 0.717) is 0 Å². The molecule has 1 aromatic carbocycles. The molecule has 0 saturated carbocycles. The molecule has 0 atom stereocenters. The number of halogens is 1. The summed E-state index contributed by atoms with van der Waals surface area (Å²) in [6.45, 7) is 10.2. The number of thiazole rings is 1. The van der Waals surface area contributed by atoms with E-state index in [1.165, 1.54) is 4.88 Å². The normalized spacial score (nSPS) is 12.0. The lowest BCUT2D eigenvalue weighted by Crippen LogP contribution is -2.16. The molecule has 5 nitrogen and oxygen atoms in total. The molecule has 2 aromatic heterocycles. The number of benzene rings is 1. The van der Waals surface area contributed by atoms with Gasteiger partial charge in [-0.15, -0.1) is 16.4 Å². The molecule has 1 N–H and O–H groups in total. The number of fused-ring (bicyclic) bond motifs is 1. The third-order valence-corrected chi connectivity index (χ3v) is 5.27. The molecule has 0 aliphatic heterocycles. The van der Waals surface area contributed by atoms with E-state index in [1.54, 1.807) is 11.3 Å². The number of hydrogen-bond acceptors (Lipinski definition) is 5. The van der Waals surface area contributed by atoms with Crippen molar-refractivity contribution >= 4 is 44.0 Å². The van der Waals surface area contributed by atoms with Crippen LogP contribution in [0.15, 0.2) is 22.1 Å². The maximum absolute atomic E-state index is 4.34. The summed E-state index contributed by atoms with van der Waals surface area (Å²) in [5, 5.41) is 12.1. The fourth-order valence-corrected chi connectivity index (χ4v) is 3.65. The van der Waals surface area contributed by atoms with E-state index in [1.807, 2.05) is 17.1 Å². The van der Waals surface area contributed by atoms with Gasteiger partial charge in [-0.05, 0) is 40.4 Å². The lowest BCUT2D eigenvalue weighted by Gasteiger charge is -2.18. The molecule has 0 bridgehead atoms. The quantitative estimate of drug-likeness (QED) is 0.702. The molecule has 3 rings (SSSR count). The number of aryl methyl sites for hydroxylation is 1. The van der Waals surface area contributed by atoms with Crippen molar-refractivity contribution in [2.24, 2.45) is 5.41 Å². The van der Waals surface area contributed by atoms with Crippen LogP contribution in [0.3, 0.4) is 0 Å². The second-order valence-electron chi connectivity index (χ2n) is 6.82. The number of nitrogens with zero attached hydrogens (tertiary/aromatic N) is 4. The fraction of sp³-hybridized carbons (Fsp3) is 0.438. The largest absolute Gasteiger partial charge is 0.379 e. The smallest absolute Gasteiger partial charge is 0.129 e. The highest BCUT2D eigenvalue weighted by atomic mass is 79.9. The van der Waals surface area contributed by atoms with Crippen LogP contribution in [-0.4, -0.2) is 20.0 Å². The zero-order valence-corrected chi connectivity index (χ0v) is 16.1. The van der Waals surface area contributed by atoms with Gasteiger partial charge < -0.3 is 5.32 Å². The van der Waals surface area contributed by atoms with E-state index in [-0.39, 0.29) is 5.41 Å². The molecule has 0 unspecified atom stereocenters. The number of rotatable bonds is 4. The summed E-state index contributed by atoms with van der Waals surface area (Å²) in [6.07, 6.45) is 0. The molecule has 0 saturated heterocycles. The molecule has 0 radical (unpaired) electrons. The lowest BCUT2D eigenvalue weighted by atomic mass is 9.97. The third kappa shape index (κ3) is 3.55. The summed E-state index contributed by atoms with van der Waals surface area (Å²) in [5.74, 6) is 0. The molecule has 0 spiro atoms. The van der Waals surface area contributed by atoms with Crippen LogP contribution in [-0.2, 0) is 13.1 Å². The second kappa shape index (κ2) is 6.20. The number of aromatic nitrogens is 4. The second-order valence-corrected chi connectivity index (χ2v) is 8.55. The molecule has 7 heteroatoms. The zero-order valence-electron chi connectivity index (χ0n) is 13.7. The fourth-order valence-electron chi connectivity index (χ4n) is 2.38. The first kappa shape index (κ1) is 16.4. The Kier molecular flexibility index (Phi) is 4.42. The highest BCUT2D eigenvalue weighted by Gasteiger charge is 2.17. The standard InChI is InChI=1S/C16H20BrN5S/c1-10-13(23-9-19-10)7-18-11-5-6-12-15(14(11)17)20-21-22(12)8-16(2,3)4/h5-6,9,18H,7-8H2,1-4H3. The summed E-state index contributed by atoms with van der Waals surface area (Å²) < 4.78 is 2.93. The Morgan fingerprint density at radius 3 is 2.74 bits per heavy atom. The summed E-state index contributed by atoms with van der Waals surface area (Å²) >= 11 is 5.33. The van der Waals surface area contributed by atoms with Crippen LogP contribution < -0.4 is 5.32 Å². The van der Waals surface area contributed by atoms with Crippen LogP contribution in [0.5, 0.6) is 0 Å². The van der Waals surface area contributed by atoms with E-state index < -0.39 is 0 Å². The molecule has 0 fully saturated rings. The van der Waals surface area contributed by atoms with E-state index in [9.17, 15) is 0 Å². The van der Waals surface area contributed by atoms with Gasteiger partial charge in [0.25, 0.3) is 0 Å². The first-order chi connectivity index (χ1) is 10.8. The van der Waals surface area contributed by atoms with E-state index in [4.69, 9.17) is 0 Å². The Hall–Kier alpha value is -1.47. The molecular formula is C16H20BrN5S. The minimum Gasteiger partial charge on any atom is -0.379 e. The summed E-state index contributed by atoms with van der Waals surface area (Å²) in [6, 6.07) is 4.15. The van der Waals surface area contributed by atoms with Crippen LogP contribution >= 0.6 is 27.3 Å². The lowest BCUT2D eigenvalue weighted by molar-refractivity contribution is 0.327. The van der Waals surface area contributed by atoms with Crippen molar-refractivity contribution in [1.82, 2.24) is 20.0 Å². The number of hydrogen-bond donors (Lipinski definition) is 1. The average Bonchev–Trinajstić information content (AvgIpc) is 3.04. The predicted octanol–water partition coefficient (Wildman–Crippen LogP) is 4.62. The van der Waals surface area contributed by atoms with Gasteiger partial charge in [0.05, 0.1) is 33.4 Å². The van der Waals surface area contributed by atoms with Gasteiger partial charge >= 0.3 is 0 Å². The van der Waals surface area contributed by atoms with Crippen molar-refractivity contribution in [2.75, 3.05) is 5.32 Å². The van der Waals surface area contributed by atoms with Crippen LogP contribution in [0.25, 0.3) is 11.0 Å². The SMILES string of the molecule is Cc1ncsc1CNc1ccc2c(nnn2CC(C)(C)C)c1Br. The monoisotopic (exact) mass is 393 g/mol. The predicted molar refractivity (Wildman–Crippen MR) is 98.9 cm³/mol. The topological polar surface area (TPSA) is 55.6 Å². The first-order valence-electron chi connectivity index (χ1n) is 7.50. The molecule has 3 aromatic rings. The number of nitrogens with one attached hydrogen (secondary N) is 1. The highest BCUT2D eigenvalue weighted by molar-refractivity contribution is 9.10. The highest BCUT2D eigenvalue weighted by Crippen LogP contribution is 2.31. The summed E-state index contributed by atoms with van der Waals surface area (Å²) in [4.78, 5) is 5.52. The van der Waals surface area contributed by atoms with E-state index in [0.717, 1.165) is 40.0 Å². The molecule has 23 heavy (non-hydrogen) atoms. The van der Waals surface area contributed by atoms with E-state index in [2.05, 4.69) is 69.4 Å². The average molecular weight is 394 g/mol.